The number of hydrogen-bond donors (Lipinski definition) is 0. The third-order valence-corrected chi connectivity index (χ3v) is 6.88. The molecule has 0 aliphatic rings. The summed E-state index contributed by atoms with van der Waals surface area (Å²) < 4.78 is 27.0. The van der Waals surface area contributed by atoms with E-state index in [-0.39, 0.29) is 5.92 Å². The van der Waals surface area contributed by atoms with Crippen molar-refractivity contribution < 1.29 is 8.42 Å². The molecule has 0 bridgehead atoms. The maximum Gasteiger partial charge on any atom is 0.242 e. The minimum atomic E-state index is -3.45. The number of hydrogen-bond acceptors (Lipinski definition) is 4. The van der Waals surface area contributed by atoms with Gasteiger partial charge in [0.15, 0.2) is 0 Å². The lowest BCUT2D eigenvalue weighted by molar-refractivity contribution is 0.321. The Bertz CT molecular complexity index is 700. The van der Waals surface area contributed by atoms with Gasteiger partial charge in [-0.05, 0) is 67.0 Å². The zero-order chi connectivity index (χ0) is 17.6. The van der Waals surface area contributed by atoms with Gasteiger partial charge in [0, 0.05) is 13.6 Å². The van der Waals surface area contributed by atoms with Crippen molar-refractivity contribution in [3.63, 3.8) is 0 Å². The summed E-state index contributed by atoms with van der Waals surface area (Å²) in [6.45, 7) is 4.57. The van der Waals surface area contributed by atoms with Gasteiger partial charge in [-0.1, -0.05) is 25.1 Å². The van der Waals surface area contributed by atoms with E-state index < -0.39 is 10.0 Å². The number of sulfonamides is 1. The summed E-state index contributed by atoms with van der Waals surface area (Å²) in [6.07, 6.45) is 0.940. The average Bonchev–Trinajstić information content (AvgIpc) is 3.13. The molecule has 0 aliphatic carbocycles. The van der Waals surface area contributed by atoms with Crippen LogP contribution < -0.4 is 0 Å². The molecule has 0 fully saturated rings. The molecule has 24 heavy (non-hydrogen) atoms. The van der Waals surface area contributed by atoms with E-state index in [9.17, 15) is 8.42 Å². The van der Waals surface area contributed by atoms with Crippen molar-refractivity contribution in [1.82, 2.24) is 9.21 Å². The van der Waals surface area contributed by atoms with Gasteiger partial charge in [0.05, 0.1) is 4.90 Å². The van der Waals surface area contributed by atoms with Gasteiger partial charge in [0.2, 0.25) is 10.0 Å². The van der Waals surface area contributed by atoms with Crippen molar-refractivity contribution in [1.29, 1.82) is 0 Å². The predicted octanol–water partition coefficient (Wildman–Crippen LogP) is 3.49. The summed E-state index contributed by atoms with van der Waals surface area (Å²) in [4.78, 5) is 2.60. The Balaban J connectivity index is 2.13. The van der Waals surface area contributed by atoms with Gasteiger partial charge in [-0.2, -0.15) is 11.3 Å². The lowest BCUT2D eigenvalue weighted by atomic mass is 9.98. The van der Waals surface area contributed by atoms with Crippen LogP contribution in [0.5, 0.6) is 0 Å². The molecule has 132 valence electrons. The summed E-state index contributed by atoms with van der Waals surface area (Å²) in [5.41, 5.74) is 1.22. The SMILES string of the molecule is CCN(C)CCC(CN(C)S(=O)(=O)c1ccccc1)c1ccsc1. The lowest BCUT2D eigenvalue weighted by Gasteiger charge is -2.25. The van der Waals surface area contributed by atoms with Gasteiger partial charge in [-0.15, -0.1) is 0 Å². The van der Waals surface area contributed by atoms with Crippen LogP contribution in [-0.2, 0) is 10.0 Å². The van der Waals surface area contributed by atoms with Crippen LogP contribution in [0.15, 0.2) is 52.1 Å². The van der Waals surface area contributed by atoms with E-state index in [1.54, 1.807) is 42.6 Å². The first-order chi connectivity index (χ1) is 11.4. The largest absolute Gasteiger partial charge is 0.307 e. The van der Waals surface area contributed by atoms with Crippen LogP contribution in [0, 0.1) is 0 Å². The molecule has 1 unspecified atom stereocenters. The molecular formula is C18H26N2O2S2. The highest BCUT2D eigenvalue weighted by molar-refractivity contribution is 7.89. The van der Waals surface area contributed by atoms with Gasteiger partial charge in [0.25, 0.3) is 0 Å². The molecule has 0 saturated carbocycles. The van der Waals surface area contributed by atoms with Crippen LogP contribution in [0.4, 0.5) is 0 Å². The van der Waals surface area contributed by atoms with Gasteiger partial charge < -0.3 is 4.90 Å². The van der Waals surface area contributed by atoms with Crippen molar-refractivity contribution >= 4 is 21.4 Å². The summed E-state index contributed by atoms with van der Waals surface area (Å²) in [7, 11) is 0.318. The van der Waals surface area contributed by atoms with Crippen LogP contribution in [-0.4, -0.2) is 51.4 Å². The number of thiophene rings is 1. The summed E-state index contributed by atoms with van der Waals surface area (Å²) in [5.74, 6) is 0.203. The maximum absolute atomic E-state index is 12.7. The molecule has 0 spiro atoms. The van der Waals surface area contributed by atoms with E-state index in [1.807, 2.05) is 6.07 Å². The lowest BCUT2D eigenvalue weighted by Crippen LogP contribution is -2.32. The molecule has 2 aromatic rings. The Kier molecular flexibility index (Phi) is 6.98. The van der Waals surface area contributed by atoms with Crippen LogP contribution in [0.3, 0.4) is 0 Å². The highest BCUT2D eigenvalue weighted by Crippen LogP contribution is 2.25. The molecule has 0 radical (unpaired) electrons. The number of rotatable bonds is 9. The molecule has 0 aliphatic heterocycles. The first-order valence-electron chi connectivity index (χ1n) is 8.17. The fourth-order valence-corrected chi connectivity index (χ4v) is 4.57. The summed E-state index contributed by atoms with van der Waals surface area (Å²) in [6, 6.07) is 10.7. The smallest absolute Gasteiger partial charge is 0.242 e. The maximum atomic E-state index is 12.7. The predicted molar refractivity (Wildman–Crippen MR) is 101 cm³/mol. The van der Waals surface area contributed by atoms with Crippen LogP contribution in [0.25, 0.3) is 0 Å². The minimum absolute atomic E-state index is 0.203. The second-order valence-electron chi connectivity index (χ2n) is 6.04. The topological polar surface area (TPSA) is 40.6 Å². The van der Waals surface area contributed by atoms with Crippen molar-refractivity contribution in [3.05, 3.63) is 52.7 Å². The zero-order valence-electron chi connectivity index (χ0n) is 14.6. The molecule has 1 atom stereocenters. The third-order valence-electron chi connectivity index (χ3n) is 4.34. The van der Waals surface area contributed by atoms with Gasteiger partial charge in [-0.25, -0.2) is 12.7 Å². The Morgan fingerprint density at radius 2 is 1.83 bits per heavy atom. The monoisotopic (exact) mass is 366 g/mol. The number of nitrogens with zero attached hydrogens (tertiary/aromatic N) is 2. The fourth-order valence-electron chi connectivity index (χ4n) is 2.59. The van der Waals surface area contributed by atoms with Crippen LogP contribution in [0.2, 0.25) is 0 Å². The van der Waals surface area contributed by atoms with Crippen molar-refractivity contribution in [2.24, 2.45) is 0 Å². The molecule has 4 nitrogen and oxygen atoms in total. The standard InChI is InChI=1S/C18H26N2O2S2/c1-4-19(2)12-10-16(17-11-13-23-15-17)14-20(3)24(21,22)18-8-6-5-7-9-18/h5-9,11,13,15-16H,4,10,12,14H2,1-3H3. The molecule has 2 rings (SSSR count). The molecule has 6 heteroatoms. The molecule has 0 amide bonds. The van der Waals surface area contributed by atoms with Gasteiger partial charge >= 0.3 is 0 Å². The van der Waals surface area contributed by atoms with Gasteiger partial charge in [-0.3, -0.25) is 0 Å². The molecule has 1 aromatic heterocycles. The van der Waals surface area contributed by atoms with Crippen molar-refractivity contribution in [2.45, 2.75) is 24.2 Å². The quantitative estimate of drug-likeness (QED) is 0.682. The van der Waals surface area contributed by atoms with E-state index in [0.29, 0.717) is 11.4 Å². The first kappa shape index (κ1) is 19.1. The van der Waals surface area contributed by atoms with E-state index >= 15 is 0 Å². The Morgan fingerprint density at radius 1 is 1.12 bits per heavy atom. The number of benzene rings is 1. The molecular weight excluding hydrogens is 340 g/mol. The summed E-state index contributed by atoms with van der Waals surface area (Å²) >= 11 is 1.66. The van der Waals surface area contributed by atoms with Crippen LogP contribution >= 0.6 is 11.3 Å². The zero-order valence-corrected chi connectivity index (χ0v) is 16.2. The van der Waals surface area contributed by atoms with E-state index in [2.05, 4.69) is 35.7 Å². The van der Waals surface area contributed by atoms with Crippen LogP contribution in [0.1, 0.15) is 24.8 Å². The first-order valence-corrected chi connectivity index (χ1v) is 10.6. The molecule has 1 aromatic carbocycles. The molecule has 1 heterocycles. The fraction of sp³-hybridized carbons (Fsp3) is 0.444. The van der Waals surface area contributed by atoms with Gasteiger partial charge in [0.1, 0.15) is 0 Å². The normalized spacial score (nSPS) is 13.5. The Hall–Kier alpha value is -1.21. The molecule has 0 saturated heterocycles. The van der Waals surface area contributed by atoms with Crippen molar-refractivity contribution in [2.75, 3.05) is 33.7 Å². The second kappa shape index (κ2) is 8.76. The molecule has 0 N–H and O–H groups in total. The Morgan fingerprint density at radius 3 is 2.42 bits per heavy atom. The highest BCUT2D eigenvalue weighted by atomic mass is 32.2. The highest BCUT2D eigenvalue weighted by Gasteiger charge is 2.24. The third kappa shape index (κ3) is 4.89. The van der Waals surface area contributed by atoms with E-state index in [0.717, 1.165) is 19.5 Å². The van der Waals surface area contributed by atoms with E-state index in [1.165, 1.54) is 9.87 Å². The number of likely N-dealkylation sites (N-methyl/N-ethyl adjacent to an activating group) is 1. The van der Waals surface area contributed by atoms with E-state index in [4.69, 9.17) is 0 Å². The second-order valence-corrected chi connectivity index (χ2v) is 8.86. The Labute approximate surface area is 149 Å². The minimum Gasteiger partial charge on any atom is -0.307 e. The van der Waals surface area contributed by atoms with Crippen molar-refractivity contribution in [3.8, 4) is 0 Å². The summed E-state index contributed by atoms with van der Waals surface area (Å²) in [5, 5.41) is 4.18. The average molecular weight is 367 g/mol.